The van der Waals surface area contributed by atoms with E-state index >= 15 is 0 Å². The average molecular weight is 254 g/mol. The second kappa shape index (κ2) is 7.60. The Kier molecular flexibility index (Phi) is 9.09. The smallest absolute Gasteiger partial charge is 0.305 e. The van der Waals surface area contributed by atoms with Crippen LogP contribution in [0.15, 0.2) is 0 Å². The van der Waals surface area contributed by atoms with Gasteiger partial charge in [-0.15, -0.1) is 11.6 Å². The molecular formula is C8H16Cl2F3N. The monoisotopic (exact) mass is 253 g/mol. The summed E-state index contributed by atoms with van der Waals surface area (Å²) >= 11 is 8.98. The van der Waals surface area contributed by atoms with Crippen molar-refractivity contribution >= 4 is 23.2 Å². The lowest BCUT2D eigenvalue weighted by molar-refractivity contribution is -0.0178. The molecular weight excluding hydrogens is 238 g/mol. The van der Waals surface area contributed by atoms with E-state index in [0.717, 1.165) is 0 Å². The maximum Gasteiger partial charge on any atom is 0.305 e. The van der Waals surface area contributed by atoms with Crippen molar-refractivity contribution in [2.24, 2.45) is 11.7 Å². The fraction of sp³-hybridized carbons (Fsp3) is 1.00. The van der Waals surface area contributed by atoms with E-state index in [1.165, 1.54) is 0 Å². The number of hydrogen-bond donors (Lipinski definition) is 1. The minimum absolute atomic E-state index is 0.352. The number of nitrogens with two attached hydrogens (primary N) is 1. The maximum absolute atomic E-state index is 11.6. The Bertz CT molecular complexity index is 135. The lowest BCUT2D eigenvalue weighted by atomic mass is 10.1. The molecule has 2 unspecified atom stereocenters. The van der Waals surface area contributed by atoms with Crippen LogP contribution in [0.25, 0.3) is 0 Å². The van der Waals surface area contributed by atoms with E-state index in [2.05, 4.69) is 37.0 Å². The van der Waals surface area contributed by atoms with Crippen LogP contribution < -0.4 is 5.73 Å². The summed E-state index contributed by atoms with van der Waals surface area (Å²) < 4.78 is 34.7. The fourth-order valence-corrected chi connectivity index (χ4v) is 0.350. The van der Waals surface area contributed by atoms with Crippen LogP contribution >= 0.6 is 23.2 Å². The zero-order chi connectivity index (χ0) is 11.9. The van der Waals surface area contributed by atoms with Gasteiger partial charge < -0.3 is 5.73 Å². The van der Waals surface area contributed by atoms with Crippen molar-refractivity contribution in [3.63, 3.8) is 0 Å². The van der Waals surface area contributed by atoms with Crippen LogP contribution in [0.1, 0.15) is 20.8 Å². The van der Waals surface area contributed by atoms with Gasteiger partial charge >= 0.3 is 5.92 Å². The van der Waals surface area contributed by atoms with Gasteiger partial charge in [0.2, 0.25) is 5.63 Å². The molecule has 0 rings (SSSR count). The number of halogens is 5. The summed E-state index contributed by atoms with van der Waals surface area (Å²) in [4.78, 5) is 0. The molecule has 0 spiro atoms. The van der Waals surface area contributed by atoms with E-state index in [9.17, 15) is 13.2 Å². The molecule has 2 atom stereocenters. The van der Waals surface area contributed by atoms with Crippen molar-refractivity contribution < 1.29 is 13.2 Å². The predicted octanol–water partition coefficient (Wildman–Crippen LogP) is 3.38. The van der Waals surface area contributed by atoms with Crippen LogP contribution in [0.4, 0.5) is 13.2 Å². The maximum atomic E-state index is 11.6. The Morgan fingerprint density at radius 1 is 1.29 bits per heavy atom. The molecule has 0 aliphatic carbocycles. The van der Waals surface area contributed by atoms with Crippen molar-refractivity contribution in [1.82, 2.24) is 0 Å². The van der Waals surface area contributed by atoms with Gasteiger partial charge in [0.25, 0.3) is 0 Å². The molecule has 0 aromatic carbocycles. The van der Waals surface area contributed by atoms with Crippen LogP contribution in [0, 0.1) is 5.92 Å². The summed E-state index contributed by atoms with van der Waals surface area (Å²) in [7, 11) is 0. The van der Waals surface area contributed by atoms with Crippen LogP contribution in [0.3, 0.4) is 0 Å². The van der Waals surface area contributed by atoms with Gasteiger partial charge in [-0.2, -0.15) is 0 Å². The summed E-state index contributed by atoms with van der Waals surface area (Å²) in [5, 5.41) is 0. The SMILES string of the molecule is CC(C)C(C)N.FC(Cl)C(F)(F)CCl. The van der Waals surface area contributed by atoms with Gasteiger partial charge in [0.05, 0.1) is 5.88 Å². The third kappa shape index (κ3) is 8.91. The van der Waals surface area contributed by atoms with Gasteiger partial charge in [0.1, 0.15) is 0 Å². The quantitative estimate of drug-likeness (QED) is 0.767. The third-order valence-electron chi connectivity index (χ3n) is 1.55. The summed E-state index contributed by atoms with van der Waals surface area (Å²) in [6.07, 6.45) is 0. The largest absolute Gasteiger partial charge is 0.328 e. The topological polar surface area (TPSA) is 26.0 Å². The van der Waals surface area contributed by atoms with Crippen molar-refractivity contribution in [2.45, 2.75) is 38.4 Å². The molecule has 0 radical (unpaired) electrons. The molecule has 6 heteroatoms. The standard InChI is InChI=1S/C5H13N.C3H3Cl2F3/c1-4(2)5(3)6;4-1-3(7,8)2(5)6/h4-5H,6H2,1-3H3;2H,1H2. The molecule has 0 aromatic heterocycles. The Morgan fingerprint density at radius 2 is 1.57 bits per heavy atom. The molecule has 0 saturated heterocycles. The lowest BCUT2D eigenvalue weighted by Crippen LogP contribution is -2.27. The molecule has 0 fully saturated rings. The van der Waals surface area contributed by atoms with Gasteiger partial charge in [-0.1, -0.05) is 25.4 Å². The Labute approximate surface area is 92.7 Å². The van der Waals surface area contributed by atoms with Crippen LogP contribution in [0.2, 0.25) is 0 Å². The van der Waals surface area contributed by atoms with E-state index in [1.54, 1.807) is 0 Å². The van der Waals surface area contributed by atoms with E-state index in [0.29, 0.717) is 12.0 Å². The highest BCUT2D eigenvalue weighted by Crippen LogP contribution is 2.25. The molecule has 2 N–H and O–H groups in total. The summed E-state index contributed by atoms with van der Waals surface area (Å²) in [6.45, 7) is 6.25. The number of hydrogen-bond acceptors (Lipinski definition) is 1. The lowest BCUT2D eigenvalue weighted by Gasteiger charge is -2.10. The zero-order valence-electron chi connectivity index (χ0n) is 8.41. The molecule has 14 heavy (non-hydrogen) atoms. The Hall–Kier alpha value is 0.330. The first-order valence-electron chi connectivity index (χ1n) is 4.12. The second-order valence-corrected chi connectivity index (χ2v) is 3.95. The molecule has 0 bridgehead atoms. The van der Waals surface area contributed by atoms with Crippen LogP contribution in [-0.4, -0.2) is 23.5 Å². The summed E-state index contributed by atoms with van der Waals surface area (Å²) in [6, 6.07) is 0.352. The molecule has 0 aliphatic rings. The van der Waals surface area contributed by atoms with Crippen molar-refractivity contribution in [1.29, 1.82) is 0 Å². The van der Waals surface area contributed by atoms with E-state index in [1.807, 2.05) is 6.92 Å². The van der Waals surface area contributed by atoms with Gasteiger partial charge in [0.15, 0.2) is 0 Å². The first-order chi connectivity index (χ1) is 6.15. The predicted molar refractivity (Wildman–Crippen MR) is 54.9 cm³/mol. The highest BCUT2D eigenvalue weighted by Gasteiger charge is 2.37. The zero-order valence-corrected chi connectivity index (χ0v) is 9.92. The molecule has 0 aromatic rings. The van der Waals surface area contributed by atoms with Gasteiger partial charge in [0, 0.05) is 6.04 Å². The number of rotatable bonds is 3. The first kappa shape index (κ1) is 16.7. The van der Waals surface area contributed by atoms with Gasteiger partial charge in [-0.3, -0.25) is 0 Å². The minimum Gasteiger partial charge on any atom is -0.328 e. The molecule has 1 nitrogen and oxygen atoms in total. The minimum atomic E-state index is -3.59. The summed E-state index contributed by atoms with van der Waals surface area (Å²) in [5.74, 6) is -4.05. The average Bonchev–Trinajstić information content (AvgIpc) is 2.05. The van der Waals surface area contributed by atoms with Gasteiger partial charge in [-0.25, -0.2) is 13.2 Å². The molecule has 0 amide bonds. The Balaban J connectivity index is 0. The van der Waals surface area contributed by atoms with Crippen LogP contribution in [0.5, 0.6) is 0 Å². The fourth-order valence-electron chi connectivity index (χ4n) is 0.0583. The second-order valence-electron chi connectivity index (χ2n) is 3.30. The van der Waals surface area contributed by atoms with Crippen molar-refractivity contribution in [3.05, 3.63) is 0 Å². The molecule has 0 aliphatic heterocycles. The van der Waals surface area contributed by atoms with Crippen LogP contribution in [-0.2, 0) is 0 Å². The van der Waals surface area contributed by atoms with Crippen molar-refractivity contribution in [2.75, 3.05) is 5.88 Å². The highest BCUT2D eigenvalue weighted by molar-refractivity contribution is 6.22. The number of alkyl halides is 5. The molecule has 0 heterocycles. The van der Waals surface area contributed by atoms with E-state index < -0.39 is 17.4 Å². The molecule has 0 saturated carbocycles. The Morgan fingerprint density at radius 3 is 1.57 bits per heavy atom. The molecule has 88 valence electrons. The normalized spacial score (nSPS) is 15.9. The highest BCUT2D eigenvalue weighted by atomic mass is 35.5. The first-order valence-corrected chi connectivity index (χ1v) is 5.09. The van der Waals surface area contributed by atoms with E-state index in [4.69, 9.17) is 5.73 Å². The van der Waals surface area contributed by atoms with Crippen molar-refractivity contribution in [3.8, 4) is 0 Å². The van der Waals surface area contributed by atoms with Gasteiger partial charge in [-0.05, 0) is 12.8 Å². The van der Waals surface area contributed by atoms with E-state index in [-0.39, 0.29) is 0 Å². The summed E-state index contributed by atoms with van der Waals surface area (Å²) in [5.41, 5.74) is 2.75. The third-order valence-corrected chi connectivity index (χ3v) is 2.22.